The molecule has 1 aromatic heterocycles. The summed E-state index contributed by atoms with van der Waals surface area (Å²) in [6.07, 6.45) is 0.764. The summed E-state index contributed by atoms with van der Waals surface area (Å²) in [6, 6.07) is -0.627. The normalized spacial score (nSPS) is 12.5. The van der Waals surface area contributed by atoms with Gasteiger partial charge in [0, 0.05) is 18.0 Å². The Morgan fingerprint density at radius 1 is 1.77 bits per heavy atom. The molecule has 13 heavy (non-hydrogen) atoms. The van der Waals surface area contributed by atoms with Crippen molar-refractivity contribution in [3.8, 4) is 0 Å². The number of anilines is 1. The summed E-state index contributed by atoms with van der Waals surface area (Å²) < 4.78 is 4.02. The average Bonchev–Trinajstić information content (AvgIpc) is 2.52. The number of carbonyl (C=O) groups is 1. The zero-order valence-corrected chi connectivity index (χ0v) is 8.26. The molecule has 0 aliphatic carbocycles. The van der Waals surface area contributed by atoms with Crippen LogP contribution in [0.15, 0.2) is 0 Å². The van der Waals surface area contributed by atoms with Crippen molar-refractivity contribution in [2.75, 3.05) is 5.32 Å². The average molecular weight is 201 g/mol. The minimum absolute atomic E-state index is 0.562. The lowest BCUT2D eigenvalue weighted by Gasteiger charge is -2.05. The van der Waals surface area contributed by atoms with Gasteiger partial charge in [0.05, 0.1) is 0 Å². The van der Waals surface area contributed by atoms with Gasteiger partial charge in [0.15, 0.2) is 0 Å². The first-order valence-electron chi connectivity index (χ1n) is 3.95. The van der Waals surface area contributed by atoms with Gasteiger partial charge in [-0.05, 0) is 6.92 Å². The Labute approximate surface area is 80.0 Å². The van der Waals surface area contributed by atoms with Crippen LogP contribution in [0, 0.1) is 0 Å². The second-order valence-electron chi connectivity index (χ2n) is 2.57. The Morgan fingerprint density at radius 3 is 2.92 bits per heavy atom. The van der Waals surface area contributed by atoms with Crippen LogP contribution in [0.3, 0.4) is 0 Å². The largest absolute Gasteiger partial charge is 0.480 e. The van der Waals surface area contributed by atoms with Gasteiger partial charge >= 0.3 is 5.97 Å². The van der Waals surface area contributed by atoms with Crippen LogP contribution in [0.2, 0.25) is 0 Å². The number of nitrogens with zero attached hydrogens (tertiary/aromatic N) is 2. The SMILES string of the molecule is CCc1nsc(N[C@@H](C)C(=O)O)n1. The van der Waals surface area contributed by atoms with E-state index in [-0.39, 0.29) is 0 Å². The molecule has 0 saturated carbocycles. The van der Waals surface area contributed by atoms with Crippen LogP contribution >= 0.6 is 11.5 Å². The van der Waals surface area contributed by atoms with Gasteiger partial charge in [-0.3, -0.25) is 4.79 Å². The number of nitrogens with one attached hydrogen (secondary N) is 1. The van der Waals surface area contributed by atoms with Crippen LogP contribution in [-0.2, 0) is 11.2 Å². The Balaban J connectivity index is 2.58. The third kappa shape index (κ3) is 2.66. The van der Waals surface area contributed by atoms with E-state index < -0.39 is 12.0 Å². The molecule has 0 fully saturated rings. The molecule has 6 heteroatoms. The molecule has 1 aromatic rings. The molecule has 2 N–H and O–H groups in total. The molecule has 5 nitrogen and oxygen atoms in total. The van der Waals surface area contributed by atoms with E-state index in [1.54, 1.807) is 6.92 Å². The Morgan fingerprint density at radius 2 is 2.46 bits per heavy atom. The Kier molecular flexibility index (Phi) is 3.18. The molecule has 0 bridgehead atoms. The molecule has 72 valence electrons. The predicted octanol–water partition coefficient (Wildman–Crippen LogP) is 0.985. The first-order chi connectivity index (χ1) is 6.13. The van der Waals surface area contributed by atoms with Crippen molar-refractivity contribution in [1.82, 2.24) is 9.36 Å². The maximum atomic E-state index is 10.5. The quantitative estimate of drug-likeness (QED) is 0.759. The van der Waals surface area contributed by atoms with E-state index in [2.05, 4.69) is 14.7 Å². The Bertz CT molecular complexity index is 300. The van der Waals surface area contributed by atoms with Crippen molar-refractivity contribution in [2.45, 2.75) is 26.3 Å². The minimum atomic E-state index is -0.895. The fourth-order valence-corrected chi connectivity index (χ4v) is 1.44. The fraction of sp³-hybridized carbons (Fsp3) is 0.571. The molecule has 1 heterocycles. The summed E-state index contributed by atoms with van der Waals surface area (Å²) in [7, 11) is 0. The van der Waals surface area contributed by atoms with Crippen molar-refractivity contribution in [2.24, 2.45) is 0 Å². The number of carboxylic acids is 1. The van der Waals surface area contributed by atoms with Crippen molar-refractivity contribution in [3.05, 3.63) is 5.82 Å². The smallest absolute Gasteiger partial charge is 0.325 e. The highest BCUT2D eigenvalue weighted by Gasteiger charge is 2.12. The monoisotopic (exact) mass is 201 g/mol. The molecule has 1 rings (SSSR count). The summed E-state index contributed by atoms with van der Waals surface area (Å²) in [5.74, 6) is -0.154. The van der Waals surface area contributed by atoms with E-state index in [1.165, 1.54) is 11.5 Å². The molecule has 1 atom stereocenters. The molecule has 0 aliphatic rings. The summed E-state index contributed by atoms with van der Waals surface area (Å²) in [6.45, 7) is 3.52. The van der Waals surface area contributed by atoms with E-state index in [9.17, 15) is 4.79 Å². The van der Waals surface area contributed by atoms with Crippen LogP contribution in [0.5, 0.6) is 0 Å². The van der Waals surface area contributed by atoms with Gasteiger partial charge in [-0.15, -0.1) is 0 Å². The molecular weight excluding hydrogens is 190 g/mol. The highest BCUT2D eigenvalue weighted by Crippen LogP contribution is 2.12. The van der Waals surface area contributed by atoms with Crippen LogP contribution in [0.1, 0.15) is 19.7 Å². The van der Waals surface area contributed by atoms with E-state index >= 15 is 0 Å². The fourth-order valence-electron chi connectivity index (χ4n) is 0.703. The summed E-state index contributed by atoms with van der Waals surface area (Å²) in [5, 5.41) is 11.9. The topological polar surface area (TPSA) is 75.1 Å². The number of aromatic nitrogens is 2. The second-order valence-corrected chi connectivity index (χ2v) is 3.33. The molecule has 0 unspecified atom stereocenters. The minimum Gasteiger partial charge on any atom is -0.480 e. The van der Waals surface area contributed by atoms with Crippen molar-refractivity contribution >= 4 is 22.6 Å². The summed E-state index contributed by atoms with van der Waals surface area (Å²) >= 11 is 1.18. The van der Waals surface area contributed by atoms with Gasteiger partial charge < -0.3 is 10.4 Å². The van der Waals surface area contributed by atoms with Crippen molar-refractivity contribution in [3.63, 3.8) is 0 Å². The number of aliphatic carboxylic acids is 1. The lowest BCUT2D eigenvalue weighted by molar-refractivity contribution is -0.137. The van der Waals surface area contributed by atoms with Crippen molar-refractivity contribution in [1.29, 1.82) is 0 Å². The molecule has 0 saturated heterocycles. The summed E-state index contributed by atoms with van der Waals surface area (Å²) in [4.78, 5) is 14.6. The van der Waals surface area contributed by atoms with Gasteiger partial charge in [-0.25, -0.2) is 4.98 Å². The zero-order valence-electron chi connectivity index (χ0n) is 7.44. The number of carboxylic acid groups (broad SMARTS) is 1. The third-order valence-corrected chi connectivity index (χ3v) is 2.18. The Hall–Kier alpha value is -1.17. The highest BCUT2D eigenvalue weighted by atomic mass is 32.1. The van der Waals surface area contributed by atoms with Crippen LogP contribution in [0.25, 0.3) is 0 Å². The standard InChI is InChI=1S/C7H11N3O2S/c1-3-5-9-7(13-10-5)8-4(2)6(11)12/h4H,3H2,1-2H3,(H,11,12)(H,8,9,10)/t4-/m0/s1. The number of aryl methyl sites for hydroxylation is 1. The van der Waals surface area contributed by atoms with Crippen molar-refractivity contribution < 1.29 is 9.90 Å². The van der Waals surface area contributed by atoms with E-state index in [0.29, 0.717) is 5.13 Å². The second kappa shape index (κ2) is 4.18. The summed E-state index contributed by atoms with van der Waals surface area (Å²) in [5.41, 5.74) is 0. The lowest BCUT2D eigenvalue weighted by Crippen LogP contribution is -2.25. The van der Waals surface area contributed by atoms with Gasteiger partial charge in [0.2, 0.25) is 5.13 Å². The van der Waals surface area contributed by atoms with Gasteiger partial charge in [0.1, 0.15) is 11.9 Å². The molecule has 0 amide bonds. The zero-order chi connectivity index (χ0) is 9.84. The number of hydrogen-bond donors (Lipinski definition) is 2. The lowest BCUT2D eigenvalue weighted by atomic mass is 10.4. The molecular formula is C7H11N3O2S. The highest BCUT2D eigenvalue weighted by molar-refractivity contribution is 7.09. The maximum Gasteiger partial charge on any atom is 0.325 e. The third-order valence-electron chi connectivity index (χ3n) is 1.49. The van der Waals surface area contributed by atoms with Crippen LogP contribution in [0.4, 0.5) is 5.13 Å². The predicted molar refractivity (Wildman–Crippen MR) is 50.0 cm³/mol. The molecule has 0 spiro atoms. The van der Waals surface area contributed by atoms with Gasteiger partial charge in [0.25, 0.3) is 0 Å². The maximum absolute atomic E-state index is 10.5. The van der Waals surface area contributed by atoms with E-state index in [0.717, 1.165) is 12.2 Å². The first kappa shape index (κ1) is 9.91. The number of rotatable bonds is 4. The van der Waals surface area contributed by atoms with Crippen LogP contribution < -0.4 is 5.32 Å². The number of hydrogen-bond acceptors (Lipinski definition) is 5. The van der Waals surface area contributed by atoms with Gasteiger partial charge in [-0.2, -0.15) is 4.37 Å². The molecule has 0 aliphatic heterocycles. The van der Waals surface area contributed by atoms with E-state index in [4.69, 9.17) is 5.11 Å². The first-order valence-corrected chi connectivity index (χ1v) is 4.72. The van der Waals surface area contributed by atoms with Gasteiger partial charge in [-0.1, -0.05) is 6.92 Å². The van der Waals surface area contributed by atoms with E-state index in [1.807, 2.05) is 6.92 Å². The molecule has 0 radical (unpaired) electrons. The van der Waals surface area contributed by atoms with Crippen LogP contribution in [-0.4, -0.2) is 26.5 Å². The molecule has 0 aromatic carbocycles.